The molecule has 2 aromatic rings. The van der Waals surface area contributed by atoms with Gasteiger partial charge in [-0.2, -0.15) is 0 Å². The van der Waals surface area contributed by atoms with E-state index in [1.165, 1.54) is 0 Å². The molecule has 27 heavy (non-hydrogen) atoms. The number of piperidine rings is 1. The predicted octanol–water partition coefficient (Wildman–Crippen LogP) is 2.87. The standard InChI is InChI=1S/C20H23ClN4O2/c21-17-5-3-15(4-6-17)18-7-8-19(23-22-18)25-9-1-2-16(14-25)20(26)24-10-12-27-13-11-24/h3-8,16H,1-2,9-14H2/t16-/m1/s1. The van der Waals surface area contributed by atoms with Crippen molar-refractivity contribution in [2.45, 2.75) is 12.8 Å². The Hall–Kier alpha value is -2.18. The van der Waals surface area contributed by atoms with E-state index < -0.39 is 0 Å². The van der Waals surface area contributed by atoms with Crippen LogP contribution in [0.2, 0.25) is 5.02 Å². The second kappa shape index (κ2) is 8.23. The molecule has 2 aliphatic heterocycles. The Bertz CT molecular complexity index is 776. The highest BCUT2D eigenvalue weighted by Gasteiger charge is 2.30. The first kappa shape index (κ1) is 18.2. The zero-order valence-corrected chi connectivity index (χ0v) is 15.9. The lowest BCUT2D eigenvalue weighted by atomic mass is 9.96. The normalized spacial score (nSPS) is 20.6. The van der Waals surface area contributed by atoms with Crippen molar-refractivity contribution in [2.75, 3.05) is 44.3 Å². The smallest absolute Gasteiger partial charge is 0.227 e. The number of benzene rings is 1. The monoisotopic (exact) mass is 386 g/mol. The van der Waals surface area contributed by atoms with Crippen molar-refractivity contribution in [3.8, 4) is 11.3 Å². The number of nitrogens with zero attached hydrogens (tertiary/aromatic N) is 4. The van der Waals surface area contributed by atoms with Crippen LogP contribution in [0.1, 0.15) is 12.8 Å². The molecule has 1 aromatic carbocycles. The Balaban J connectivity index is 1.43. The molecule has 0 N–H and O–H groups in total. The van der Waals surface area contributed by atoms with Crippen molar-refractivity contribution >= 4 is 23.3 Å². The lowest BCUT2D eigenvalue weighted by molar-refractivity contribution is -0.139. The Morgan fingerprint density at radius 3 is 2.52 bits per heavy atom. The zero-order chi connectivity index (χ0) is 18.6. The molecule has 6 nitrogen and oxygen atoms in total. The van der Waals surface area contributed by atoms with Crippen LogP contribution in [0.5, 0.6) is 0 Å². The molecule has 0 spiro atoms. The Labute approximate surface area is 164 Å². The average molecular weight is 387 g/mol. The summed E-state index contributed by atoms with van der Waals surface area (Å²) in [6.45, 7) is 4.28. The first-order valence-electron chi connectivity index (χ1n) is 9.42. The number of anilines is 1. The number of morpholine rings is 1. The predicted molar refractivity (Wildman–Crippen MR) is 105 cm³/mol. The summed E-state index contributed by atoms with van der Waals surface area (Å²) in [5.41, 5.74) is 1.80. The molecule has 1 aromatic heterocycles. The number of rotatable bonds is 3. The van der Waals surface area contributed by atoms with Crippen molar-refractivity contribution in [2.24, 2.45) is 5.92 Å². The molecule has 142 valence electrons. The highest BCUT2D eigenvalue weighted by atomic mass is 35.5. The van der Waals surface area contributed by atoms with Crippen LogP contribution in [0, 0.1) is 5.92 Å². The van der Waals surface area contributed by atoms with Crippen molar-refractivity contribution in [1.82, 2.24) is 15.1 Å². The Kier molecular flexibility index (Phi) is 5.55. The van der Waals surface area contributed by atoms with Gasteiger partial charge in [0.1, 0.15) is 0 Å². The van der Waals surface area contributed by atoms with Gasteiger partial charge in [0.05, 0.1) is 24.8 Å². The molecular weight excluding hydrogens is 364 g/mol. The maximum absolute atomic E-state index is 12.8. The fourth-order valence-electron chi connectivity index (χ4n) is 3.70. The summed E-state index contributed by atoms with van der Waals surface area (Å²) >= 11 is 5.94. The maximum atomic E-state index is 12.8. The first-order valence-corrected chi connectivity index (χ1v) is 9.79. The van der Waals surface area contributed by atoms with Gasteiger partial charge in [0.25, 0.3) is 0 Å². The lowest BCUT2D eigenvalue weighted by Gasteiger charge is -2.36. The van der Waals surface area contributed by atoms with Gasteiger partial charge in [-0.25, -0.2) is 0 Å². The minimum absolute atomic E-state index is 0.0228. The summed E-state index contributed by atoms with van der Waals surface area (Å²) in [4.78, 5) is 16.9. The van der Waals surface area contributed by atoms with E-state index in [1.807, 2.05) is 41.3 Å². The van der Waals surface area contributed by atoms with Crippen LogP contribution in [-0.2, 0) is 9.53 Å². The largest absolute Gasteiger partial charge is 0.378 e. The fourth-order valence-corrected chi connectivity index (χ4v) is 3.82. The topological polar surface area (TPSA) is 58.6 Å². The fraction of sp³-hybridized carbons (Fsp3) is 0.450. The van der Waals surface area contributed by atoms with Gasteiger partial charge in [0.2, 0.25) is 5.91 Å². The van der Waals surface area contributed by atoms with E-state index in [-0.39, 0.29) is 11.8 Å². The summed E-state index contributed by atoms with van der Waals surface area (Å²) in [6.07, 6.45) is 1.92. The summed E-state index contributed by atoms with van der Waals surface area (Å²) in [7, 11) is 0. The van der Waals surface area contributed by atoms with Crippen LogP contribution < -0.4 is 4.90 Å². The summed E-state index contributed by atoms with van der Waals surface area (Å²) in [5, 5.41) is 9.47. The SMILES string of the molecule is O=C([C@@H]1CCCN(c2ccc(-c3ccc(Cl)cc3)nn2)C1)N1CCOCC1. The number of ether oxygens (including phenoxy) is 1. The van der Waals surface area contributed by atoms with E-state index in [0.717, 1.165) is 36.5 Å². The molecule has 2 aliphatic rings. The summed E-state index contributed by atoms with van der Waals surface area (Å²) < 4.78 is 5.35. The van der Waals surface area contributed by atoms with E-state index in [2.05, 4.69) is 15.1 Å². The molecule has 1 atom stereocenters. The van der Waals surface area contributed by atoms with Gasteiger partial charge >= 0.3 is 0 Å². The number of carbonyl (C=O) groups excluding carboxylic acids is 1. The quantitative estimate of drug-likeness (QED) is 0.811. The number of hydrogen-bond acceptors (Lipinski definition) is 5. The molecule has 2 fully saturated rings. The second-order valence-electron chi connectivity index (χ2n) is 7.01. The molecule has 4 rings (SSSR count). The third-order valence-corrected chi connectivity index (χ3v) is 5.46. The number of amides is 1. The van der Waals surface area contributed by atoms with E-state index in [1.54, 1.807) is 0 Å². The number of aromatic nitrogens is 2. The summed E-state index contributed by atoms with van der Waals surface area (Å²) in [6, 6.07) is 11.5. The molecule has 0 aliphatic carbocycles. The molecule has 0 radical (unpaired) electrons. The highest BCUT2D eigenvalue weighted by molar-refractivity contribution is 6.30. The van der Waals surface area contributed by atoms with Gasteiger partial charge in [-0.05, 0) is 37.1 Å². The van der Waals surface area contributed by atoms with E-state index in [9.17, 15) is 4.79 Å². The minimum Gasteiger partial charge on any atom is -0.378 e. The van der Waals surface area contributed by atoms with E-state index >= 15 is 0 Å². The molecule has 0 bridgehead atoms. The van der Waals surface area contributed by atoms with Crippen molar-refractivity contribution in [3.63, 3.8) is 0 Å². The van der Waals surface area contributed by atoms with Gasteiger partial charge in [0, 0.05) is 36.8 Å². The second-order valence-corrected chi connectivity index (χ2v) is 7.44. The number of hydrogen-bond donors (Lipinski definition) is 0. The van der Waals surface area contributed by atoms with Crippen LogP contribution in [-0.4, -0.2) is 60.4 Å². The average Bonchev–Trinajstić information content (AvgIpc) is 2.75. The first-order chi connectivity index (χ1) is 13.2. The Morgan fingerprint density at radius 2 is 1.81 bits per heavy atom. The molecule has 2 saturated heterocycles. The van der Waals surface area contributed by atoms with Crippen LogP contribution in [0.4, 0.5) is 5.82 Å². The highest BCUT2D eigenvalue weighted by Crippen LogP contribution is 2.25. The third kappa shape index (κ3) is 4.22. The van der Waals surface area contributed by atoms with Gasteiger partial charge in [0.15, 0.2) is 5.82 Å². The van der Waals surface area contributed by atoms with Crippen molar-refractivity contribution in [1.29, 1.82) is 0 Å². The number of halogens is 1. The van der Waals surface area contributed by atoms with Crippen molar-refractivity contribution in [3.05, 3.63) is 41.4 Å². The van der Waals surface area contributed by atoms with Crippen LogP contribution >= 0.6 is 11.6 Å². The molecule has 1 amide bonds. The van der Waals surface area contributed by atoms with E-state index in [4.69, 9.17) is 16.3 Å². The Morgan fingerprint density at radius 1 is 1.04 bits per heavy atom. The van der Waals surface area contributed by atoms with Crippen molar-refractivity contribution < 1.29 is 9.53 Å². The van der Waals surface area contributed by atoms with E-state index in [0.29, 0.717) is 37.9 Å². The lowest BCUT2D eigenvalue weighted by Crippen LogP contribution is -2.48. The maximum Gasteiger partial charge on any atom is 0.227 e. The molecule has 0 unspecified atom stereocenters. The molecule has 7 heteroatoms. The van der Waals surface area contributed by atoms with Crippen LogP contribution in [0.15, 0.2) is 36.4 Å². The number of carbonyl (C=O) groups is 1. The van der Waals surface area contributed by atoms with Gasteiger partial charge in [-0.3, -0.25) is 4.79 Å². The molecule has 0 saturated carbocycles. The third-order valence-electron chi connectivity index (χ3n) is 5.21. The zero-order valence-electron chi connectivity index (χ0n) is 15.2. The minimum atomic E-state index is 0.0228. The van der Waals surface area contributed by atoms with Gasteiger partial charge in [-0.15, -0.1) is 10.2 Å². The van der Waals surface area contributed by atoms with Gasteiger partial charge in [-0.1, -0.05) is 23.7 Å². The van der Waals surface area contributed by atoms with Gasteiger partial charge < -0.3 is 14.5 Å². The molecular formula is C20H23ClN4O2. The summed E-state index contributed by atoms with van der Waals surface area (Å²) in [5.74, 6) is 1.09. The van der Waals surface area contributed by atoms with Crippen LogP contribution in [0.25, 0.3) is 11.3 Å². The van der Waals surface area contributed by atoms with Crippen LogP contribution in [0.3, 0.4) is 0 Å². The molecule has 3 heterocycles.